The van der Waals surface area contributed by atoms with Gasteiger partial charge in [0, 0.05) is 26.2 Å². The Morgan fingerprint density at radius 3 is 2.71 bits per heavy atom. The van der Waals surface area contributed by atoms with Crippen molar-refractivity contribution in [1.29, 1.82) is 0 Å². The number of aromatic nitrogens is 1. The molecule has 0 saturated carbocycles. The molecule has 1 fully saturated rings. The number of pyridine rings is 1. The van der Waals surface area contributed by atoms with Gasteiger partial charge in [-0.2, -0.15) is 0 Å². The van der Waals surface area contributed by atoms with E-state index < -0.39 is 5.91 Å². The van der Waals surface area contributed by atoms with E-state index in [1.165, 1.54) is 0 Å². The number of fused-ring (bicyclic) bond motifs is 1. The second-order valence-electron chi connectivity index (χ2n) is 7.86. The van der Waals surface area contributed by atoms with Gasteiger partial charge in [-0.25, -0.2) is 10.5 Å². The van der Waals surface area contributed by atoms with Gasteiger partial charge in [0.2, 0.25) is 5.91 Å². The van der Waals surface area contributed by atoms with E-state index in [4.69, 9.17) is 5.21 Å². The lowest BCUT2D eigenvalue weighted by atomic mass is 9.70. The molecule has 4 rings (SSSR count). The molecule has 1 aliphatic carbocycles. The molecule has 0 unspecified atom stereocenters. The van der Waals surface area contributed by atoms with Crippen LogP contribution in [0, 0.1) is 5.41 Å². The molecule has 2 aliphatic rings. The van der Waals surface area contributed by atoms with Crippen molar-refractivity contribution in [3.63, 3.8) is 0 Å². The van der Waals surface area contributed by atoms with Crippen LogP contribution in [0.4, 0.5) is 11.5 Å². The minimum absolute atomic E-state index is 0.162. The van der Waals surface area contributed by atoms with E-state index in [0.29, 0.717) is 18.5 Å². The van der Waals surface area contributed by atoms with Crippen LogP contribution >= 0.6 is 0 Å². The van der Waals surface area contributed by atoms with E-state index in [2.05, 4.69) is 4.98 Å². The summed E-state index contributed by atoms with van der Waals surface area (Å²) in [6, 6.07) is 9.30. The molecular weight excluding hydrogens is 356 g/mol. The lowest BCUT2D eigenvalue weighted by molar-refractivity contribution is -0.126. The van der Waals surface area contributed by atoms with Gasteiger partial charge in [0.05, 0.1) is 17.3 Å². The lowest BCUT2D eigenvalue weighted by Crippen LogP contribution is -2.39. The molecule has 1 atom stereocenters. The monoisotopic (exact) mass is 380 g/mol. The quantitative estimate of drug-likeness (QED) is 0.630. The Bertz CT molecular complexity index is 926. The van der Waals surface area contributed by atoms with Crippen LogP contribution in [-0.4, -0.2) is 42.6 Å². The summed E-state index contributed by atoms with van der Waals surface area (Å²) in [4.78, 5) is 33.2. The number of hydrogen-bond donors (Lipinski definition) is 2. The maximum absolute atomic E-state index is 13.3. The number of hydroxylamine groups is 1. The standard InChI is InChI=1S/C21H24N4O3/c1-24(2)18-6-5-17(13-22-18)25-10-9-21(20(25)27)8-7-14-11-15(19(26)23-28)3-4-16(14)12-21/h3-6,11,13,28H,7-10,12H2,1-2H3,(H,23,26)/t21-/m1/s1. The topological polar surface area (TPSA) is 85.8 Å². The highest BCUT2D eigenvalue weighted by molar-refractivity contribution is 6.00. The smallest absolute Gasteiger partial charge is 0.274 e. The normalized spacial score (nSPS) is 21.0. The number of aryl methyl sites for hydroxylation is 1. The number of nitrogens with one attached hydrogen (secondary N) is 1. The van der Waals surface area contributed by atoms with E-state index in [1.807, 2.05) is 48.2 Å². The number of carbonyl (C=O) groups excluding carboxylic acids is 2. The van der Waals surface area contributed by atoms with Gasteiger partial charge < -0.3 is 9.80 Å². The minimum atomic E-state index is -0.514. The van der Waals surface area contributed by atoms with Crippen molar-refractivity contribution in [2.24, 2.45) is 5.41 Å². The second-order valence-corrected chi connectivity index (χ2v) is 7.86. The first kappa shape index (κ1) is 18.4. The molecule has 2 N–H and O–H groups in total. The SMILES string of the molecule is CN(C)c1ccc(N2CC[C@@]3(CCc4cc(C(=O)NO)ccc4C3)C2=O)cn1. The van der Waals surface area contributed by atoms with Crippen LogP contribution in [0.1, 0.15) is 34.3 Å². The van der Waals surface area contributed by atoms with Crippen molar-refractivity contribution in [1.82, 2.24) is 10.5 Å². The number of hydrogen-bond acceptors (Lipinski definition) is 5. The van der Waals surface area contributed by atoms with E-state index in [9.17, 15) is 9.59 Å². The third kappa shape index (κ3) is 3.01. The Kier molecular flexibility index (Phi) is 4.55. The summed E-state index contributed by atoms with van der Waals surface area (Å²) in [5.41, 5.74) is 4.75. The molecule has 2 amide bonds. The van der Waals surface area contributed by atoms with E-state index in [1.54, 1.807) is 17.7 Å². The fourth-order valence-electron chi connectivity index (χ4n) is 4.33. The third-order valence-corrected chi connectivity index (χ3v) is 5.99. The average molecular weight is 380 g/mol. The molecule has 1 saturated heterocycles. The zero-order valence-corrected chi connectivity index (χ0v) is 16.1. The van der Waals surface area contributed by atoms with Gasteiger partial charge in [-0.3, -0.25) is 14.8 Å². The van der Waals surface area contributed by atoms with Crippen molar-refractivity contribution in [3.8, 4) is 0 Å². The van der Waals surface area contributed by atoms with Gasteiger partial charge in [0.1, 0.15) is 5.82 Å². The molecular formula is C21H24N4O3. The molecule has 1 aliphatic heterocycles. The summed E-state index contributed by atoms with van der Waals surface area (Å²) in [6.07, 6.45) is 4.78. The van der Waals surface area contributed by atoms with Crippen LogP contribution in [0.25, 0.3) is 0 Å². The van der Waals surface area contributed by atoms with Crippen molar-refractivity contribution < 1.29 is 14.8 Å². The first-order chi connectivity index (χ1) is 13.4. The third-order valence-electron chi connectivity index (χ3n) is 5.99. The highest BCUT2D eigenvalue weighted by Gasteiger charge is 2.48. The van der Waals surface area contributed by atoms with E-state index >= 15 is 0 Å². The maximum Gasteiger partial charge on any atom is 0.274 e. The average Bonchev–Trinajstić information content (AvgIpc) is 3.02. The predicted molar refractivity (Wildman–Crippen MR) is 106 cm³/mol. The predicted octanol–water partition coefficient (Wildman–Crippen LogP) is 2.18. The zero-order valence-electron chi connectivity index (χ0n) is 16.1. The fourth-order valence-corrected chi connectivity index (χ4v) is 4.33. The molecule has 0 radical (unpaired) electrons. The number of nitrogens with zero attached hydrogens (tertiary/aromatic N) is 3. The number of rotatable bonds is 3. The second kappa shape index (κ2) is 6.91. The van der Waals surface area contributed by atoms with E-state index in [-0.39, 0.29) is 11.3 Å². The van der Waals surface area contributed by atoms with Crippen LogP contribution in [0.3, 0.4) is 0 Å². The largest absolute Gasteiger partial charge is 0.363 e. The summed E-state index contributed by atoms with van der Waals surface area (Å²) in [5, 5.41) is 8.82. The molecule has 7 nitrogen and oxygen atoms in total. The Labute approximate surface area is 163 Å². The molecule has 1 spiro atoms. The molecule has 1 aromatic carbocycles. The van der Waals surface area contributed by atoms with Gasteiger partial charge in [-0.05, 0) is 61.1 Å². The first-order valence-electron chi connectivity index (χ1n) is 9.45. The van der Waals surface area contributed by atoms with Crippen molar-refractivity contribution in [2.45, 2.75) is 25.7 Å². The summed E-state index contributed by atoms with van der Waals surface area (Å²) < 4.78 is 0. The van der Waals surface area contributed by atoms with Crippen molar-refractivity contribution in [2.75, 3.05) is 30.4 Å². The summed E-state index contributed by atoms with van der Waals surface area (Å²) in [6.45, 7) is 0.697. The molecule has 2 aromatic rings. The van der Waals surface area contributed by atoms with Crippen molar-refractivity contribution in [3.05, 3.63) is 53.2 Å². The summed E-state index contributed by atoms with van der Waals surface area (Å²) in [7, 11) is 3.88. The number of benzene rings is 1. The summed E-state index contributed by atoms with van der Waals surface area (Å²) >= 11 is 0. The van der Waals surface area contributed by atoms with Gasteiger partial charge in [-0.1, -0.05) is 6.07 Å². The molecule has 0 bridgehead atoms. The van der Waals surface area contributed by atoms with Crippen LogP contribution in [0.5, 0.6) is 0 Å². The Morgan fingerprint density at radius 2 is 2.04 bits per heavy atom. The molecule has 146 valence electrons. The fraction of sp³-hybridized carbons (Fsp3) is 0.381. The number of amides is 2. The zero-order chi connectivity index (χ0) is 19.9. The number of anilines is 2. The lowest BCUT2D eigenvalue weighted by Gasteiger charge is -2.33. The first-order valence-corrected chi connectivity index (χ1v) is 9.45. The Balaban J connectivity index is 1.55. The molecule has 28 heavy (non-hydrogen) atoms. The van der Waals surface area contributed by atoms with Crippen LogP contribution < -0.4 is 15.3 Å². The summed E-state index contributed by atoms with van der Waals surface area (Å²) in [5.74, 6) is 0.508. The maximum atomic E-state index is 13.3. The molecule has 1 aromatic heterocycles. The molecule has 7 heteroatoms. The van der Waals surface area contributed by atoms with Gasteiger partial charge >= 0.3 is 0 Å². The van der Waals surface area contributed by atoms with Gasteiger partial charge in [-0.15, -0.1) is 0 Å². The van der Waals surface area contributed by atoms with Crippen LogP contribution in [-0.2, 0) is 17.6 Å². The Morgan fingerprint density at radius 1 is 1.21 bits per heavy atom. The van der Waals surface area contributed by atoms with Crippen molar-refractivity contribution >= 4 is 23.3 Å². The van der Waals surface area contributed by atoms with Gasteiger partial charge in [0.25, 0.3) is 5.91 Å². The minimum Gasteiger partial charge on any atom is -0.363 e. The van der Waals surface area contributed by atoms with Crippen LogP contribution in [0.15, 0.2) is 36.5 Å². The molecule has 2 heterocycles. The Hall–Kier alpha value is -2.93. The number of carbonyl (C=O) groups is 2. The van der Waals surface area contributed by atoms with Gasteiger partial charge in [0.15, 0.2) is 0 Å². The highest BCUT2D eigenvalue weighted by atomic mass is 16.5. The van der Waals surface area contributed by atoms with E-state index in [0.717, 1.165) is 41.9 Å². The highest BCUT2D eigenvalue weighted by Crippen LogP contribution is 2.45. The van der Waals surface area contributed by atoms with Crippen LogP contribution in [0.2, 0.25) is 0 Å².